The Labute approximate surface area is 145 Å². The average molecular weight is 327 g/mol. The smallest absolute Gasteiger partial charge is 0.168 e. The highest BCUT2D eigenvalue weighted by Crippen LogP contribution is 2.31. The van der Waals surface area contributed by atoms with E-state index in [2.05, 4.69) is 13.8 Å². The first-order chi connectivity index (χ1) is 11.3. The van der Waals surface area contributed by atoms with Crippen molar-refractivity contribution in [3.8, 4) is 0 Å². The molecule has 2 heteroatoms. The molecular weight excluding hydrogens is 284 g/mol. The van der Waals surface area contributed by atoms with Gasteiger partial charge in [0.1, 0.15) is 0 Å². The predicted octanol–water partition coefficient (Wildman–Crippen LogP) is 7.01. The zero-order valence-electron chi connectivity index (χ0n) is 16.0. The Morgan fingerprint density at radius 1 is 0.565 bits per heavy atom. The van der Waals surface area contributed by atoms with Gasteiger partial charge >= 0.3 is 0 Å². The monoisotopic (exact) mass is 326 g/mol. The van der Waals surface area contributed by atoms with Gasteiger partial charge in [0.15, 0.2) is 5.79 Å². The second kappa shape index (κ2) is 14.3. The first-order valence-electron chi connectivity index (χ1n) is 10.6. The maximum atomic E-state index is 6.07. The maximum absolute atomic E-state index is 6.07. The van der Waals surface area contributed by atoms with Crippen LogP contribution >= 0.6 is 0 Å². The summed E-state index contributed by atoms with van der Waals surface area (Å²) in [6.07, 6.45) is 21.0. The van der Waals surface area contributed by atoms with E-state index in [0.717, 1.165) is 32.5 Å². The largest absolute Gasteiger partial charge is 0.350 e. The molecule has 0 saturated carbocycles. The van der Waals surface area contributed by atoms with E-state index in [9.17, 15) is 0 Å². The molecular formula is C21H42O2. The standard InChI is InChI=1S/C21H42O2/c1-3-5-7-8-9-10-11-12-13-15-18-21(17-14-6-4-2)22-19-16-20-23-21/h3-20H2,1-2H3. The van der Waals surface area contributed by atoms with Crippen LogP contribution in [-0.4, -0.2) is 19.0 Å². The molecule has 1 aliphatic heterocycles. The molecule has 23 heavy (non-hydrogen) atoms. The van der Waals surface area contributed by atoms with Crippen LogP contribution in [0.15, 0.2) is 0 Å². The molecule has 1 fully saturated rings. The zero-order chi connectivity index (χ0) is 16.6. The molecule has 0 unspecified atom stereocenters. The quantitative estimate of drug-likeness (QED) is 0.301. The molecule has 1 aliphatic rings. The molecule has 1 saturated heterocycles. The lowest BCUT2D eigenvalue weighted by Gasteiger charge is -2.37. The van der Waals surface area contributed by atoms with Crippen molar-refractivity contribution >= 4 is 0 Å². The average Bonchev–Trinajstić information content (AvgIpc) is 2.58. The first-order valence-corrected chi connectivity index (χ1v) is 10.6. The second-order valence-electron chi connectivity index (χ2n) is 7.35. The minimum absolute atomic E-state index is 0.229. The summed E-state index contributed by atoms with van der Waals surface area (Å²) >= 11 is 0. The summed E-state index contributed by atoms with van der Waals surface area (Å²) in [5, 5.41) is 0. The lowest BCUT2D eigenvalue weighted by Crippen LogP contribution is -2.40. The fourth-order valence-corrected chi connectivity index (χ4v) is 3.56. The Morgan fingerprint density at radius 3 is 1.48 bits per heavy atom. The van der Waals surface area contributed by atoms with Gasteiger partial charge in [-0.1, -0.05) is 84.5 Å². The van der Waals surface area contributed by atoms with Crippen molar-refractivity contribution in [3.05, 3.63) is 0 Å². The van der Waals surface area contributed by atoms with E-state index in [4.69, 9.17) is 9.47 Å². The maximum Gasteiger partial charge on any atom is 0.168 e. The first kappa shape index (κ1) is 21.0. The van der Waals surface area contributed by atoms with E-state index in [1.54, 1.807) is 0 Å². The molecule has 0 aromatic rings. The summed E-state index contributed by atoms with van der Waals surface area (Å²) in [5.41, 5.74) is 0. The van der Waals surface area contributed by atoms with Crippen LogP contribution in [0.2, 0.25) is 0 Å². The van der Waals surface area contributed by atoms with Gasteiger partial charge in [-0.05, 0) is 19.3 Å². The second-order valence-corrected chi connectivity index (χ2v) is 7.35. The molecule has 0 atom stereocenters. The molecule has 1 heterocycles. The van der Waals surface area contributed by atoms with E-state index in [0.29, 0.717) is 0 Å². The lowest BCUT2D eigenvalue weighted by molar-refractivity contribution is -0.274. The van der Waals surface area contributed by atoms with Crippen LogP contribution in [0.4, 0.5) is 0 Å². The third-order valence-electron chi connectivity index (χ3n) is 5.09. The third kappa shape index (κ3) is 10.4. The topological polar surface area (TPSA) is 18.5 Å². The molecule has 1 rings (SSSR count). The van der Waals surface area contributed by atoms with E-state index < -0.39 is 0 Å². The highest BCUT2D eigenvalue weighted by Gasteiger charge is 2.33. The van der Waals surface area contributed by atoms with Crippen molar-refractivity contribution in [1.29, 1.82) is 0 Å². The zero-order valence-corrected chi connectivity index (χ0v) is 16.0. The van der Waals surface area contributed by atoms with Crippen molar-refractivity contribution in [2.24, 2.45) is 0 Å². The lowest BCUT2D eigenvalue weighted by atomic mass is 9.98. The minimum atomic E-state index is -0.229. The molecule has 0 aromatic heterocycles. The van der Waals surface area contributed by atoms with Crippen LogP contribution in [-0.2, 0) is 9.47 Å². The summed E-state index contributed by atoms with van der Waals surface area (Å²) in [7, 11) is 0. The summed E-state index contributed by atoms with van der Waals surface area (Å²) in [4.78, 5) is 0. The van der Waals surface area contributed by atoms with Crippen molar-refractivity contribution in [2.75, 3.05) is 13.2 Å². The predicted molar refractivity (Wildman–Crippen MR) is 99.9 cm³/mol. The Kier molecular flexibility index (Phi) is 13.0. The molecule has 2 nitrogen and oxygen atoms in total. The molecule has 0 aliphatic carbocycles. The van der Waals surface area contributed by atoms with Gasteiger partial charge < -0.3 is 9.47 Å². The normalized spacial score (nSPS) is 17.5. The van der Waals surface area contributed by atoms with Crippen LogP contribution in [0.25, 0.3) is 0 Å². The molecule has 0 aromatic carbocycles. The number of hydrogen-bond acceptors (Lipinski definition) is 2. The van der Waals surface area contributed by atoms with Gasteiger partial charge in [-0.15, -0.1) is 0 Å². The van der Waals surface area contributed by atoms with Gasteiger partial charge in [0.2, 0.25) is 0 Å². The molecule has 0 bridgehead atoms. The van der Waals surface area contributed by atoms with Gasteiger partial charge in [-0.3, -0.25) is 0 Å². The Bertz CT molecular complexity index is 246. The summed E-state index contributed by atoms with van der Waals surface area (Å²) < 4.78 is 12.1. The van der Waals surface area contributed by atoms with E-state index >= 15 is 0 Å². The van der Waals surface area contributed by atoms with Crippen LogP contribution in [0.5, 0.6) is 0 Å². The fourth-order valence-electron chi connectivity index (χ4n) is 3.56. The van der Waals surface area contributed by atoms with E-state index in [1.165, 1.54) is 83.5 Å². The van der Waals surface area contributed by atoms with Crippen molar-refractivity contribution in [1.82, 2.24) is 0 Å². The molecule has 138 valence electrons. The van der Waals surface area contributed by atoms with Crippen LogP contribution < -0.4 is 0 Å². The van der Waals surface area contributed by atoms with Crippen LogP contribution in [0, 0.1) is 0 Å². The Hall–Kier alpha value is -0.0800. The van der Waals surface area contributed by atoms with Crippen LogP contribution in [0.1, 0.15) is 117 Å². The van der Waals surface area contributed by atoms with Gasteiger partial charge in [0.25, 0.3) is 0 Å². The molecule has 0 amide bonds. The van der Waals surface area contributed by atoms with E-state index in [1.807, 2.05) is 0 Å². The number of hydrogen-bond donors (Lipinski definition) is 0. The number of rotatable bonds is 15. The Balaban J connectivity index is 2.03. The third-order valence-corrected chi connectivity index (χ3v) is 5.09. The van der Waals surface area contributed by atoms with Gasteiger partial charge in [0.05, 0.1) is 13.2 Å². The van der Waals surface area contributed by atoms with Gasteiger partial charge in [0, 0.05) is 12.8 Å². The number of unbranched alkanes of at least 4 members (excludes halogenated alkanes) is 11. The SMILES string of the molecule is CCCCCCCCCCCCC1(CCCCC)OCCCO1. The van der Waals surface area contributed by atoms with Gasteiger partial charge in [-0.25, -0.2) is 0 Å². The molecule has 0 radical (unpaired) electrons. The molecule has 0 spiro atoms. The fraction of sp³-hybridized carbons (Fsp3) is 1.00. The van der Waals surface area contributed by atoms with Gasteiger partial charge in [-0.2, -0.15) is 0 Å². The van der Waals surface area contributed by atoms with Crippen molar-refractivity contribution in [3.63, 3.8) is 0 Å². The summed E-state index contributed by atoms with van der Waals surface area (Å²) in [6.45, 7) is 6.33. The highest BCUT2D eigenvalue weighted by molar-refractivity contribution is 4.73. The summed E-state index contributed by atoms with van der Waals surface area (Å²) in [6, 6.07) is 0. The Morgan fingerprint density at radius 2 is 0.957 bits per heavy atom. The number of ether oxygens (including phenoxy) is 2. The van der Waals surface area contributed by atoms with Crippen molar-refractivity contribution in [2.45, 2.75) is 122 Å². The summed E-state index contributed by atoms with van der Waals surface area (Å²) in [5.74, 6) is -0.229. The van der Waals surface area contributed by atoms with Crippen molar-refractivity contribution < 1.29 is 9.47 Å². The van der Waals surface area contributed by atoms with E-state index in [-0.39, 0.29) is 5.79 Å². The highest BCUT2D eigenvalue weighted by atomic mass is 16.7. The minimum Gasteiger partial charge on any atom is -0.350 e. The molecule has 0 N–H and O–H groups in total. The van der Waals surface area contributed by atoms with Crippen LogP contribution in [0.3, 0.4) is 0 Å².